The maximum Gasteiger partial charge on any atom is 0.246 e. The lowest BCUT2D eigenvalue weighted by atomic mass is 10.1. The topological polar surface area (TPSA) is 68.3 Å². The van der Waals surface area contributed by atoms with Gasteiger partial charge >= 0.3 is 0 Å². The Morgan fingerprint density at radius 2 is 1.67 bits per heavy atom. The molecule has 1 aromatic carbocycles. The summed E-state index contributed by atoms with van der Waals surface area (Å²) in [6.45, 7) is 2.18. The molecule has 2 rings (SSSR count). The third-order valence-electron chi connectivity index (χ3n) is 3.92. The summed E-state index contributed by atoms with van der Waals surface area (Å²) < 4.78 is 16.0. The molecule has 0 saturated carbocycles. The first-order valence-electron chi connectivity index (χ1n) is 7.60. The number of piperazine rings is 1. The first-order valence-corrected chi connectivity index (χ1v) is 7.60. The van der Waals surface area contributed by atoms with Gasteiger partial charge in [0.05, 0.1) is 21.3 Å². The van der Waals surface area contributed by atoms with E-state index in [-0.39, 0.29) is 5.91 Å². The lowest BCUT2D eigenvalue weighted by Crippen LogP contribution is -2.47. The smallest absolute Gasteiger partial charge is 0.246 e. The number of benzene rings is 1. The van der Waals surface area contributed by atoms with Crippen molar-refractivity contribution in [3.63, 3.8) is 0 Å². The van der Waals surface area contributed by atoms with Crippen LogP contribution in [0.15, 0.2) is 18.2 Å². The fourth-order valence-electron chi connectivity index (χ4n) is 2.57. The van der Waals surface area contributed by atoms with E-state index in [9.17, 15) is 9.59 Å². The maximum atomic E-state index is 12.3. The summed E-state index contributed by atoms with van der Waals surface area (Å²) in [6.07, 6.45) is 4.00. The molecule has 0 unspecified atom stereocenters. The van der Waals surface area contributed by atoms with Gasteiger partial charge in [0.25, 0.3) is 0 Å². The quantitative estimate of drug-likeness (QED) is 0.574. The number of nitrogens with zero attached hydrogens (tertiary/aromatic N) is 2. The molecule has 0 atom stereocenters. The molecule has 130 valence electrons. The van der Waals surface area contributed by atoms with Crippen LogP contribution in [0.1, 0.15) is 5.56 Å². The van der Waals surface area contributed by atoms with Gasteiger partial charge in [-0.1, -0.05) is 0 Å². The van der Waals surface area contributed by atoms with Crippen molar-refractivity contribution in [1.29, 1.82) is 0 Å². The van der Waals surface area contributed by atoms with E-state index in [2.05, 4.69) is 0 Å². The van der Waals surface area contributed by atoms with Crippen molar-refractivity contribution in [2.24, 2.45) is 0 Å². The van der Waals surface area contributed by atoms with Gasteiger partial charge in [-0.2, -0.15) is 0 Å². The van der Waals surface area contributed by atoms with Crippen LogP contribution in [0, 0.1) is 0 Å². The minimum Gasteiger partial charge on any atom is -0.493 e. The summed E-state index contributed by atoms with van der Waals surface area (Å²) in [5.41, 5.74) is 0.718. The molecule has 0 spiro atoms. The Bertz CT molecular complexity index is 622. The van der Waals surface area contributed by atoms with E-state index in [1.165, 1.54) is 20.3 Å². The number of methoxy groups -OCH3 is 3. The summed E-state index contributed by atoms with van der Waals surface area (Å²) in [5.74, 6) is 1.45. The monoisotopic (exact) mass is 334 g/mol. The number of ether oxygens (including phenoxy) is 3. The van der Waals surface area contributed by atoms with E-state index in [4.69, 9.17) is 14.2 Å². The van der Waals surface area contributed by atoms with Gasteiger partial charge in [-0.3, -0.25) is 9.59 Å². The molecule has 2 amide bonds. The largest absolute Gasteiger partial charge is 0.493 e. The number of hydrogen-bond donors (Lipinski definition) is 0. The molecule has 1 heterocycles. The minimum atomic E-state index is -0.0996. The lowest BCUT2D eigenvalue weighted by Gasteiger charge is -2.31. The van der Waals surface area contributed by atoms with Crippen LogP contribution in [0.5, 0.6) is 17.2 Å². The predicted octanol–water partition coefficient (Wildman–Crippen LogP) is 1.03. The van der Waals surface area contributed by atoms with Gasteiger partial charge in [0, 0.05) is 37.8 Å². The lowest BCUT2D eigenvalue weighted by molar-refractivity contribution is -0.130. The molecule has 1 aliphatic rings. The van der Waals surface area contributed by atoms with Crippen LogP contribution in [0.2, 0.25) is 0 Å². The molecule has 0 aromatic heterocycles. The normalized spacial score (nSPS) is 14.6. The molecular formula is C17H22N2O5. The average Bonchev–Trinajstić information content (AvgIpc) is 2.64. The number of carbonyl (C=O) groups excluding carboxylic acids is 2. The molecule has 24 heavy (non-hydrogen) atoms. The zero-order valence-corrected chi connectivity index (χ0v) is 14.2. The Hall–Kier alpha value is -2.70. The molecule has 1 fully saturated rings. The van der Waals surface area contributed by atoms with Crippen molar-refractivity contribution in [3.05, 3.63) is 23.8 Å². The van der Waals surface area contributed by atoms with Gasteiger partial charge in [-0.15, -0.1) is 0 Å². The number of rotatable bonds is 6. The highest BCUT2D eigenvalue weighted by Gasteiger charge is 2.19. The van der Waals surface area contributed by atoms with Gasteiger partial charge in [0.15, 0.2) is 11.5 Å². The maximum absolute atomic E-state index is 12.3. The van der Waals surface area contributed by atoms with Gasteiger partial charge < -0.3 is 24.0 Å². The van der Waals surface area contributed by atoms with E-state index in [1.807, 2.05) is 0 Å². The van der Waals surface area contributed by atoms with Crippen LogP contribution in [-0.2, 0) is 9.59 Å². The third kappa shape index (κ3) is 3.79. The number of hydrogen-bond acceptors (Lipinski definition) is 5. The first kappa shape index (κ1) is 17.7. The zero-order valence-electron chi connectivity index (χ0n) is 14.2. The Kier molecular flexibility index (Phi) is 6.06. The molecule has 0 N–H and O–H groups in total. The molecule has 7 nitrogen and oxygen atoms in total. The molecule has 1 saturated heterocycles. The minimum absolute atomic E-state index is 0.0996. The first-order chi connectivity index (χ1) is 11.6. The second-order valence-corrected chi connectivity index (χ2v) is 5.22. The second-order valence-electron chi connectivity index (χ2n) is 5.22. The van der Waals surface area contributed by atoms with Gasteiger partial charge in [0.1, 0.15) is 0 Å². The summed E-state index contributed by atoms with van der Waals surface area (Å²) >= 11 is 0. The molecule has 0 radical (unpaired) electrons. The zero-order chi connectivity index (χ0) is 17.5. The van der Waals surface area contributed by atoms with Gasteiger partial charge in [-0.05, 0) is 18.2 Å². The highest BCUT2D eigenvalue weighted by atomic mass is 16.5. The Labute approximate surface area is 141 Å². The van der Waals surface area contributed by atoms with Crippen LogP contribution in [0.25, 0.3) is 6.08 Å². The molecule has 1 aliphatic heterocycles. The summed E-state index contributed by atoms with van der Waals surface area (Å²) in [5, 5.41) is 0. The molecule has 0 bridgehead atoms. The highest BCUT2D eigenvalue weighted by molar-refractivity contribution is 5.92. The fourth-order valence-corrected chi connectivity index (χ4v) is 2.57. The van der Waals surface area contributed by atoms with E-state index in [0.717, 1.165) is 12.0 Å². The molecule has 0 aliphatic carbocycles. The van der Waals surface area contributed by atoms with Gasteiger partial charge in [-0.25, -0.2) is 0 Å². The Balaban J connectivity index is 2.14. The van der Waals surface area contributed by atoms with E-state index < -0.39 is 0 Å². The van der Waals surface area contributed by atoms with Crippen LogP contribution in [-0.4, -0.2) is 69.6 Å². The Morgan fingerprint density at radius 3 is 2.21 bits per heavy atom. The van der Waals surface area contributed by atoms with Crippen molar-refractivity contribution in [2.75, 3.05) is 47.5 Å². The predicted molar refractivity (Wildman–Crippen MR) is 89.3 cm³/mol. The van der Waals surface area contributed by atoms with Crippen molar-refractivity contribution in [1.82, 2.24) is 9.80 Å². The van der Waals surface area contributed by atoms with Crippen LogP contribution < -0.4 is 14.2 Å². The van der Waals surface area contributed by atoms with Crippen molar-refractivity contribution in [3.8, 4) is 17.2 Å². The van der Waals surface area contributed by atoms with Crippen LogP contribution in [0.3, 0.4) is 0 Å². The van der Waals surface area contributed by atoms with Crippen molar-refractivity contribution in [2.45, 2.75) is 0 Å². The van der Waals surface area contributed by atoms with E-state index in [1.54, 1.807) is 35.1 Å². The van der Waals surface area contributed by atoms with E-state index >= 15 is 0 Å². The Morgan fingerprint density at radius 1 is 1.00 bits per heavy atom. The van der Waals surface area contributed by atoms with Crippen molar-refractivity contribution < 1.29 is 23.8 Å². The standard InChI is InChI=1S/C17H22N2O5/c1-22-14-6-4-13(16(23-2)17(14)24-3)5-7-15(21)19-10-8-18(12-20)9-11-19/h4-7,12H,8-11H2,1-3H3/b7-5+. The summed E-state index contributed by atoms with van der Waals surface area (Å²) in [6, 6.07) is 3.56. The molecule has 1 aromatic rings. The third-order valence-corrected chi connectivity index (χ3v) is 3.92. The molecular weight excluding hydrogens is 312 g/mol. The van der Waals surface area contributed by atoms with Gasteiger partial charge in [0.2, 0.25) is 18.1 Å². The van der Waals surface area contributed by atoms with E-state index in [0.29, 0.717) is 43.4 Å². The SMILES string of the molecule is COc1ccc(/C=C/C(=O)N2CCN(C=O)CC2)c(OC)c1OC. The summed E-state index contributed by atoms with van der Waals surface area (Å²) in [7, 11) is 4.62. The fraction of sp³-hybridized carbons (Fsp3) is 0.412. The van der Waals surface area contributed by atoms with Crippen LogP contribution in [0.4, 0.5) is 0 Å². The average molecular weight is 334 g/mol. The molecule has 7 heteroatoms. The number of amides is 2. The second kappa shape index (κ2) is 8.24. The van der Waals surface area contributed by atoms with Crippen LogP contribution >= 0.6 is 0 Å². The van der Waals surface area contributed by atoms with Crippen molar-refractivity contribution >= 4 is 18.4 Å². The number of carbonyl (C=O) groups is 2. The highest BCUT2D eigenvalue weighted by Crippen LogP contribution is 2.40. The summed E-state index contributed by atoms with van der Waals surface area (Å²) in [4.78, 5) is 26.4.